The van der Waals surface area contributed by atoms with Crippen molar-refractivity contribution in [3.8, 4) is 5.75 Å². The van der Waals surface area contributed by atoms with Gasteiger partial charge in [0.25, 0.3) is 5.91 Å². The van der Waals surface area contributed by atoms with Gasteiger partial charge >= 0.3 is 0 Å². The average Bonchev–Trinajstić information content (AvgIpc) is 2.46. The summed E-state index contributed by atoms with van der Waals surface area (Å²) >= 11 is 0. The largest absolute Gasteiger partial charge is 0.487 e. The number of fused-ring (bicyclic) bond motifs is 1. The highest BCUT2D eigenvalue weighted by molar-refractivity contribution is 5.94. The van der Waals surface area contributed by atoms with Gasteiger partial charge in [-0.1, -0.05) is 35.9 Å². The first kappa shape index (κ1) is 14.6. The standard InChI is InChI=1S/C19H21NO2/c1-13-8-10-14(11-9-13)18(21)20-16-12-19(2,3)22-17-7-5-4-6-15(16)17/h4-11,16H,12H2,1-3H3,(H,20,21)/t16-/m1/s1. The van der Waals surface area contributed by atoms with Gasteiger partial charge in [0, 0.05) is 17.5 Å². The molecule has 3 heteroatoms. The number of aryl methyl sites for hydroxylation is 1. The first-order chi connectivity index (χ1) is 10.4. The highest BCUT2D eigenvalue weighted by atomic mass is 16.5. The third kappa shape index (κ3) is 2.98. The molecule has 1 heterocycles. The van der Waals surface area contributed by atoms with Gasteiger partial charge in [-0.25, -0.2) is 0 Å². The molecule has 0 bridgehead atoms. The Kier molecular flexibility index (Phi) is 3.65. The van der Waals surface area contributed by atoms with Crippen molar-refractivity contribution in [2.75, 3.05) is 0 Å². The smallest absolute Gasteiger partial charge is 0.251 e. The molecule has 1 N–H and O–H groups in total. The minimum Gasteiger partial charge on any atom is -0.487 e. The fourth-order valence-corrected chi connectivity index (χ4v) is 2.88. The molecule has 0 aromatic heterocycles. The molecule has 0 fully saturated rings. The SMILES string of the molecule is Cc1ccc(C(=O)N[C@@H]2CC(C)(C)Oc3ccccc32)cc1. The van der Waals surface area contributed by atoms with Crippen molar-refractivity contribution in [1.82, 2.24) is 5.32 Å². The number of carbonyl (C=O) groups excluding carboxylic acids is 1. The second-order valence-corrected chi connectivity index (χ2v) is 6.50. The van der Waals surface area contributed by atoms with Crippen LogP contribution in [0.4, 0.5) is 0 Å². The molecule has 2 aromatic carbocycles. The molecule has 0 saturated carbocycles. The molecule has 1 atom stereocenters. The fraction of sp³-hybridized carbons (Fsp3) is 0.316. The Morgan fingerprint density at radius 1 is 1.14 bits per heavy atom. The van der Waals surface area contributed by atoms with E-state index in [9.17, 15) is 4.79 Å². The number of hydrogen-bond donors (Lipinski definition) is 1. The molecule has 22 heavy (non-hydrogen) atoms. The lowest BCUT2D eigenvalue weighted by molar-refractivity contribution is 0.0620. The molecule has 3 rings (SSSR count). The second-order valence-electron chi connectivity index (χ2n) is 6.50. The van der Waals surface area contributed by atoms with Crippen LogP contribution in [0.5, 0.6) is 5.75 Å². The zero-order valence-corrected chi connectivity index (χ0v) is 13.2. The summed E-state index contributed by atoms with van der Waals surface area (Å²) in [6.45, 7) is 6.11. The highest BCUT2D eigenvalue weighted by Gasteiger charge is 2.34. The molecule has 0 aliphatic carbocycles. The number of hydrogen-bond acceptors (Lipinski definition) is 2. The van der Waals surface area contributed by atoms with Crippen LogP contribution in [-0.2, 0) is 0 Å². The monoisotopic (exact) mass is 295 g/mol. The first-order valence-electron chi connectivity index (χ1n) is 7.60. The summed E-state index contributed by atoms with van der Waals surface area (Å²) in [5.41, 5.74) is 2.59. The number of para-hydroxylation sites is 1. The van der Waals surface area contributed by atoms with Gasteiger partial charge in [0.05, 0.1) is 6.04 Å². The lowest BCUT2D eigenvalue weighted by atomic mass is 9.89. The molecule has 2 aromatic rings. The van der Waals surface area contributed by atoms with Crippen LogP contribution in [0.15, 0.2) is 48.5 Å². The predicted molar refractivity (Wildman–Crippen MR) is 87.2 cm³/mol. The summed E-state index contributed by atoms with van der Waals surface area (Å²) in [4.78, 5) is 12.5. The molecule has 0 unspecified atom stereocenters. The van der Waals surface area contributed by atoms with E-state index >= 15 is 0 Å². The van der Waals surface area contributed by atoms with E-state index in [1.165, 1.54) is 0 Å². The summed E-state index contributed by atoms with van der Waals surface area (Å²) in [7, 11) is 0. The van der Waals surface area contributed by atoms with Crippen LogP contribution in [0.1, 0.15) is 47.8 Å². The minimum absolute atomic E-state index is 0.0336. The van der Waals surface area contributed by atoms with Crippen LogP contribution in [0.25, 0.3) is 0 Å². The van der Waals surface area contributed by atoms with Crippen molar-refractivity contribution in [2.45, 2.75) is 38.8 Å². The maximum Gasteiger partial charge on any atom is 0.251 e. The average molecular weight is 295 g/mol. The Balaban J connectivity index is 1.85. The number of ether oxygens (including phenoxy) is 1. The third-order valence-corrected chi connectivity index (χ3v) is 4.00. The van der Waals surface area contributed by atoms with E-state index in [0.29, 0.717) is 5.56 Å². The number of amides is 1. The van der Waals surface area contributed by atoms with Crippen LogP contribution in [-0.4, -0.2) is 11.5 Å². The molecule has 3 nitrogen and oxygen atoms in total. The van der Waals surface area contributed by atoms with Crippen molar-refractivity contribution in [2.24, 2.45) is 0 Å². The van der Waals surface area contributed by atoms with Gasteiger partial charge in [0.2, 0.25) is 0 Å². The lowest BCUT2D eigenvalue weighted by Crippen LogP contribution is -2.41. The molecule has 1 amide bonds. The van der Waals surface area contributed by atoms with Crippen molar-refractivity contribution in [1.29, 1.82) is 0 Å². The summed E-state index contributed by atoms with van der Waals surface area (Å²) in [6.07, 6.45) is 0.752. The first-order valence-corrected chi connectivity index (χ1v) is 7.60. The Labute approximate surface area is 131 Å². The Bertz CT molecular complexity index is 689. The minimum atomic E-state index is -0.292. The van der Waals surface area contributed by atoms with Gasteiger partial charge in [0.15, 0.2) is 0 Å². The van der Waals surface area contributed by atoms with Crippen LogP contribution in [0.2, 0.25) is 0 Å². The van der Waals surface area contributed by atoms with E-state index in [1.54, 1.807) is 0 Å². The van der Waals surface area contributed by atoms with E-state index in [4.69, 9.17) is 4.74 Å². The summed E-state index contributed by atoms with van der Waals surface area (Å²) < 4.78 is 6.00. The molecular formula is C19H21NO2. The van der Waals surface area contributed by atoms with E-state index in [2.05, 4.69) is 5.32 Å². The lowest BCUT2D eigenvalue weighted by Gasteiger charge is -2.37. The number of benzene rings is 2. The van der Waals surface area contributed by atoms with E-state index in [1.807, 2.05) is 69.3 Å². The van der Waals surface area contributed by atoms with Crippen LogP contribution in [0.3, 0.4) is 0 Å². The summed E-state index contributed by atoms with van der Waals surface area (Å²) in [6, 6.07) is 15.5. The topological polar surface area (TPSA) is 38.3 Å². The van der Waals surface area contributed by atoms with Crippen molar-refractivity contribution < 1.29 is 9.53 Å². The van der Waals surface area contributed by atoms with Gasteiger partial charge < -0.3 is 10.1 Å². The predicted octanol–water partition coefficient (Wildman–Crippen LogP) is 4.03. The maximum absolute atomic E-state index is 12.5. The molecule has 0 radical (unpaired) electrons. The van der Waals surface area contributed by atoms with Gasteiger partial charge in [0.1, 0.15) is 11.4 Å². The summed E-state index contributed by atoms with van der Waals surface area (Å²) in [5.74, 6) is 0.811. The van der Waals surface area contributed by atoms with E-state index in [-0.39, 0.29) is 17.6 Å². The number of rotatable bonds is 2. The van der Waals surface area contributed by atoms with E-state index in [0.717, 1.165) is 23.3 Å². The Hall–Kier alpha value is -2.29. The number of nitrogens with one attached hydrogen (secondary N) is 1. The van der Waals surface area contributed by atoms with Gasteiger partial charge in [-0.2, -0.15) is 0 Å². The summed E-state index contributed by atoms with van der Waals surface area (Å²) in [5, 5.41) is 3.15. The normalized spacial score (nSPS) is 19.0. The van der Waals surface area contributed by atoms with Crippen molar-refractivity contribution in [3.05, 3.63) is 65.2 Å². The molecule has 1 aliphatic heterocycles. The van der Waals surface area contributed by atoms with Crippen molar-refractivity contribution in [3.63, 3.8) is 0 Å². The zero-order valence-electron chi connectivity index (χ0n) is 13.2. The van der Waals surface area contributed by atoms with Crippen LogP contribution in [0, 0.1) is 6.92 Å². The second kappa shape index (κ2) is 5.48. The molecule has 114 valence electrons. The van der Waals surface area contributed by atoms with Crippen LogP contribution < -0.4 is 10.1 Å². The number of carbonyl (C=O) groups is 1. The fourth-order valence-electron chi connectivity index (χ4n) is 2.88. The molecule has 0 spiro atoms. The third-order valence-electron chi connectivity index (χ3n) is 4.00. The van der Waals surface area contributed by atoms with Gasteiger partial charge in [-0.05, 0) is 39.0 Å². The van der Waals surface area contributed by atoms with Gasteiger partial charge in [-0.3, -0.25) is 4.79 Å². The van der Waals surface area contributed by atoms with Gasteiger partial charge in [-0.15, -0.1) is 0 Å². The molecule has 0 saturated heterocycles. The molecular weight excluding hydrogens is 274 g/mol. The Morgan fingerprint density at radius 3 is 2.55 bits per heavy atom. The zero-order chi connectivity index (χ0) is 15.7. The van der Waals surface area contributed by atoms with E-state index < -0.39 is 0 Å². The van der Waals surface area contributed by atoms with Crippen LogP contribution >= 0.6 is 0 Å². The quantitative estimate of drug-likeness (QED) is 0.908. The Morgan fingerprint density at radius 2 is 1.82 bits per heavy atom. The molecule has 1 aliphatic rings. The van der Waals surface area contributed by atoms with Crippen molar-refractivity contribution >= 4 is 5.91 Å². The maximum atomic E-state index is 12.5. The highest BCUT2D eigenvalue weighted by Crippen LogP contribution is 2.39.